The zero-order chi connectivity index (χ0) is 20.0. The standard InChI is InChI=1S/C23H36N4S/c1-3-4-5-6-7-8-14-25-23(28)27(17-9-16-26-18-15-24-20-26)19-22-12-10-21(2)11-13-22/h10-13,15,18,20H,3-9,14,16-17,19H2,1-2H3,(H,25,28). The van der Waals surface area contributed by atoms with Crippen LogP contribution in [0.4, 0.5) is 0 Å². The van der Waals surface area contributed by atoms with Crippen molar-refractivity contribution in [3.63, 3.8) is 0 Å². The summed E-state index contributed by atoms with van der Waals surface area (Å²) in [5.41, 5.74) is 2.59. The molecular weight excluding hydrogens is 364 g/mol. The highest BCUT2D eigenvalue weighted by Crippen LogP contribution is 2.09. The highest BCUT2D eigenvalue weighted by Gasteiger charge is 2.10. The molecule has 0 atom stereocenters. The van der Waals surface area contributed by atoms with Gasteiger partial charge >= 0.3 is 0 Å². The van der Waals surface area contributed by atoms with Crippen molar-refractivity contribution >= 4 is 17.3 Å². The van der Waals surface area contributed by atoms with Crippen molar-refractivity contribution in [3.05, 3.63) is 54.1 Å². The molecule has 5 heteroatoms. The lowest BCUT2D eigenvalue weighted by Gasteiger charge is -2.26. The van der Waals surface area contributed by atoms with Crippen LogP contribution >= 0.6 is 12.2 Å². The van der Waals surface area contributed by atoms with Crippen LogP contribution in [0.15, 0.2) is 43.0 Å². The molecule has 0 saturated carbocycles. The van der Waals surface area contributed by atoms with Gasteiger partial charge in [-0.3, -0.25) is 0 Å². The van der Waals surface area contributed by atoms with Gasteiger partial charge in [-0.25, -0.2) is 4.98 Å². The predicted octanol–water partition coefficient (Wildman–Crippen LogP) is 5.32. The predicted molar refractivity (Wildman–Crippen MR) is 122 cm³/mol. The fourth-order valence-electron chi connectivity index (χ4n) is 3.24. The molecule has 4 nitrogen and oxygen atoms in total. The second kappa shape index (κ2) is 13.3. The summed E-state index contributed by atoms with van der Waals surface area (Å²) in [7, 11) is 0. The summed E-state index contributed by atoms with van der Waals surface area (Å²) < 4.78 is 2.12. The Labute approximate surface area is 176 Å². The topological polar surface area (TPSA) is 33.1 Å². The van der Waals surface area contributed by atoms with Gasteiger partial charge < -0.3 is 14.8 Å². The van der Waals surface area contributed by atoms with E-state index in [4.69, 9.17) is 12.2 Å². The van der Waals surface area contributed by atoms with E-state index >= 15 is 0 Å². The molecule has 0 spiro atoms. The maximum Gasteiger partial charge on any atom is 0.169 e. The normalized spacial score (nSPS) is 10.8. The molecule has 1 N–H and O–H groups in total. The lowest BCUT2D eigenvalue weighted by atomic mass is 10.1. The second-order valence-electron chi connectivity index (χ2n) is 7.56. The molecule has 0 unspecified atom stereocenters. The summed E-state index contributed by atoms with van der Waals surface area (Å²) in [4.78, 5) is 6.42. The lowest BCUT2D eigenvalue weighted by Crippen LogP contribution is -2.40. The first-order chi connectivity index (χ1) is 13.7. The summed E-state index contributed by atoms with van der Waals surface area (Å²) in [5, 5.41) is 4.36. The summed E-state index contributed by atoms with van der Waals surface area (Å²) in [5.74, 6) is 0. The molecule has 1 aromatic carbocycles. The molecule has 0 saturated heterocycles. The van der Waals surface area contributed by atoms with Crippen LogP contribution in [-0.4, -0.2) is 32.7 Å². The Balaban J connectivity index is 1.79. The van der Waals surface area contributed by atoms with Crippen molar-refractivity contribution in [3.8, 4) is 0 Å². The number of hydrogen-bond acceptors (Lipinski definition) is 2. The third kappa shape index (κ3) is 8.87. The molecule has 0 aliphatic heterocycles. The average molecular weight is 401 g/mol. The molecule has 1 aromatic heterocycles. The number of rotatable bonds is 13. The summed E-state index contributed by atoms with van der Waals surface area (Å²) in [6.07, 6.45) is 14.6. The zero-order valence-corrected chi connectivity index (χ0v) is 18.4. The maximum absolute atomic E-state index is 5.73. The number of imidazole rings is 1. The van der Waals surface area contributed by atoms with Gasteiger partial charge in [-0.05, 0) is 37.5 Å². The SMILES string of the molecule is CCCCCCCCNC(=S)N(CCCn1ccnc1)Cc1ccc(C)cc1. The van der Waals surface area contributed by atoms with Crippen molar-refractivity contribution in [2.24, 2.45) is 0 Å². The first-order valence-electron chi connectivity index (χ1n) is 10.7. The molecule has 154 valence electrons. The molecule has 2 aromatic rings. The second-order valence-corrected chi connectivity index (χ2v) is 7.95. The van der Waals surface area contributed by atoms with Gasteiger partial charge in [-0.2, -0.15) is 0 Å². The fourth-order valence-corrected chi connectivity index (χ4v) is 3.50. The van der Waals surface area contributed by atoms with Gasteiger partial charge in [0.15, 0.2) is 5.11 Å². The molecule has 28 heavy (non-hydrogen) atoms. The van der Waals surface area contributed by atoms with Crippen LogP contribution < -0.4 is 5.32 Å². The van der Waals surface area contributed by atoms with Gasteiger partial charge in [0.1, 0.15) is 0 Å². The van der Waals surface area contributed by atoms with Gasteiger partial charge in [0.25, 0.3) is 0 Å². The highest BCUT2D eigenvalue weighted by atomic mass is 32.1. The number of thiocarbonyl (C=S) groups is 1. The minimum absolute atomic E-state index is 0.854. The smallest absolute Gasteiger partial charge is 0.169 e. The Morgan fingerprint density at radius 2 is 1.82 bits per heavy atom. The van der Waals surface area contributed by atoms with E-state index in [0.29, 0.717) is 0 Å². The van der Waals surface area contributed by atoms with Crippen molar-refractivity contribution in [1.29, 1.82) is 0 Å². The number of benzene rings is 1. The van der Waals surface area contributed by atoms with Crippen LogP contribution in [-0.2, 0) is 13.1 Å². The van der Waals surface area contributed by atoms with Gasteiger partial charge in [-0.15, -0.1) is 0 Å². The zero-order valence-electron chi connectivity index (χ0n) is 17.6. The Hall–Kier alpha value is -1.88. The molecule has 0 aliphatic rings. The van der Waals surface area contributed by atoms with Crippen LogP contribution in [0.25, 0.3) is 0 Å². The highest BCUT2D eigenvalue weighted by molar-refractivity contribution is 7.80. The molecule has 0 amide bonds. The van der Waals surface area contributed by atoms with Gasteiger partial charge in [-0.1, -0.05) is 68.9 Å². The van der Waals surface area contributed by atoms with Crippen LogP contribution in [0.3, 0.4) is 0 Å². The maximum atomic E-state index is 5.73. The van der Waals surface area contributed by atoms with Crippen molar-refractivity contribution < 1.29 is 0 Å². The Morgan fingerprint density at radius 1 is 1.07 bits per heavy atom. The van der Waals surface area contributed by atoms with E-state index in [0.717, 1.165) is 37.7 Å². The largest absolute Gasteiger partial charge is 0.363 e. The molecule has 0 radical (unpaired) electrons. The van der Waals surface area contributed by atoms with Crippen molar-refractivity contribution in [2.45, 2.75) is 71.9 Å². The molecule has 0 bridgehead atoms. The number of hydrogen-bond donors (Lipinski definition) is 1. The average Bonchev–Trinajstić information content (AvgIpc) is 3.21. The summed E-state index contributed by atoms with van der Waals surface area (Å²) in [6.45, 7) is 8.11. The van der Waals surface area contributed by atoms with E-state index < -0.39 is 0 Å². The first kappa shape index (κ1) is 22.4. The Morgan fingerprint density at radius 3 is 2.54 bits per heavy atom. The molecule has 0 fully saturated rings. The molecular formula is C23H36N4S. The summed E-state index contributed by atoms with van der Waals surface area (Å²) in [6, 6.07) is 8.75. The third-order valence-electron chi connectivity index (χ3n) is 4.99. The van der Waals surface area contributed by atoms with E-state index in [1.807, 2.05) is 18.7 Å². The first-order valence-corrected chi connectivity index (χ1v) is 11.1. The fraction of sp³-hybridized carbons (Fsp3) is 0.565. The molecule has 2 rings (SSSR count). The third-order valence-corrected chi connectivity index (χ3v) is 5.39. The van der Waals surface area contributed by atoms with Gasteiger partial charge in [0.2, 0.25) is 0 Å². The van der Waals surface area contributed by atoms with E-state index in [1.165, 1.54) is 49.7 Å². The van der Waals surface area contributed by atoms with E-state index in [-0.39, 0.29) is 0 Å². The van der Waals surface area contributed by atoms with Crippen LogP contribution in [0.1, 0.15) is 63.0 Å². The monoisotopic (exact) mass is 400 g/mol. The van der Waals surface area contributed by atoms with Gasteiger partial charge in [0, 0.05) is 38.6 Å². The minimum atomic E-state index is 0.854. The number of nitrogens with one attached hydrogen (secondary N) is 1. The van der Waals surface area contributed by atoms with Crippen LogP contribution in [0, 0.1) is 6.92 Å². The number of aryl methyl sites for hydroxylation is 2. The molecule has 1 heterocycles. The Bertz CT molecular complexity index is 652. The van der Waals surface area contributed by atoms with Gasteiger partial charge in [0.05, 0.1) is 6.33 Å². The van der Waals surface area contributed by atoms with Crippen molar-refractivity contribution in [1.82, 2.24) is 19.8 Å². The van der Waals surface area contributed by atoms with Crippen LogP contribution in [0.5, 0.6) is 0 Å². The number of aromatic nitrogens is 2. The lowest BCUT2D eigenvalue weighted by molar-refractivity contribution is 0.384. The minimum Gasteiger partial charge on any atom is -0.363 e. The molecule has 0 aliphatic carbocycles. The van der Waals surface area contributed by atoms with E-state index in [2.05, 4.69) is 57.9 Å². The van der Waals surface area contributed by atoms with Crippen molar-refractivity contribution in [2.75, 3.05) is 13.1 Å². The number of unbranched alkanes of at least 4 members (excludes halogenated alkanes) is 5. The Kier molecular flexibility index (Phi) is 10.7. The quantitative estimate of drug-likeness (QED) is 0.364. The number of nitrogens with zero attached hydrogens (tertiary/aromatic N) is 3. The van der Waals surface area contributed by atoms with Crippen LogP contribution in [0.2, 0.25) is 0 Å². The van der Waals surface area contributed by atoms with E-state index in [1.54, 1.807) is 0 Å². The summed E-state index contributed by atoms with van der Waals surface area (Å²) >= 11 is 5.73. The van der Waals surface area contributed by atoms with E-state index in [9.17, 15) is 0 Å².